The number of piperazine rings is 1. The Hall–Kier alpha value is -1.14. The molecule has 0 saturated carbocycles. The van der Waals surface area contributed by atoms with Crippen molar-refractivity contribution in [1.29, 1.82) is 0 Å². The predicted molar refractivity (Wildman–Crippen MR) is 84.0 cm³/mol. The molecule has 1 aliphatic heterocycles. The maximum atomic E-state index is 12.1. The van der Waals surface area contributed by atoms with Crippen LogP contribution in [-0.2, 0) is 9.59 Å². The first-order valence-electron chi connectivity index (χ1n) is 8.04. The molecule has 1 heterocycles. The van der Waals surface area contributed by atoms with Crippen molar-refractivity contribution in [3.63, 3.8) is 0 Å². The van der Waals surface area contributed by atoms with Gasteiger partial charge in [-0.25, -0.2) is 0 Å². The smallest absolute Gasteiger partial charge is 0.238 e. The largest absolute Gasteiger partial charge is 0.358 e. The van der Waals surface area contributed by atoms with E-state index in [2.05, 4.69) is 22.9 Å². The first-order chi connectivity index (χ1) is 10.1. The predicted octanol–water partition coefficient (Wildman–Crippen LogP) is 0.0912. The van der Waals surface area contributed by atoms with Crippen molar-refractivity contribution in [3.05, 3.63) is 0 Å². The summed E-state index contributed by atoms with van der Waals surface area (Å²) in [5.74, 6) is -0.0270. The van der Waals surface area contributed by atoms with Gasteiger partial charge in [0.2, 0.25) is 11.8 Å². The number of nitrogens with one attached hydrogen (secondary N) is 3. The zero-order valence-electron chi connectivity index (χ0n) is 13.6. The Morgan fingerprint density at radius 3 is 2.81 bits per heavy atom. The topological polar surface area (TPSA) is 73.5 Å². The third-order valence-electron chi connectivity index (χ3n) is 3.90. The van der Waals surface area contributed by atoms with Crippen molar-refractivity contribution in [2.24, 2.45) is 0 Å². The van der Waals surface area contributed by atoms with Gasteiger partial charge in [0.05, 0.1) is 6.54 Å². The van der Waals surface area contributed by atoms with Gasteiger partial charge in [-0.15, -0.1) is 0 Å². The SMILES string of the molecule is CCCCCC(C)NC(=O)CN1CCNCC1C(=O)NC. The van der Waals surface area contributed by atoms with Crippen molar-refractivity contribution in [2.75, 3.05) is 33.2 Å². The summed E-state index contributed by atoms with van der Waals surface area (Å²) in [7, 11) is 1.63. The molecule has 2 atom stereocenters. The van der Waals surface area contributed by atoms with E-state index in [0.29, 0.717) is 6.54 Å². The van der Waals surface area contributed by atoms with Crippen LogP contribution < -0.4 is 16.0 Å². The fourth-order valence-electron chi connectivity index (χ4n) is 2.64. The molecule has 1 fully saturated rings. The average molecular weight is 298 g/mol. The molecule has 0 aromatic heterocycles. The second-order valence-corrected chi connectivity index (χ2v) is 5.77. The fraction of sp³-hybridized carbons (Fsp3) is 0.867. The molecule has 122 valence electrons. The van der Waals surface area contributed by atoms with Crippen LogP contribution in [0.3, 0.4) is 0 Å². The number of carbonyl (C=O) groups excluding carboxylic acids is 2. The lowest BCUT2D eigenvalue weighted by Crippen LogP contribution is -2.59. The zero-order valence-corrected chi connectivity index (χ0v) is 13.6. The molecule has 6 nitrogen and oxygen atoms in total. The lowest BCUT2D eigenvalue weighted by molar-refractivity contribution is -0.129. The summed E-state index contributed by atoms with van der Waals surface area (Å²) in [5, 5.41) is 8.89. The third kappa shape index (κ3) is 6.44. The van der Waals surface area contributed by atoms with Gasteiger partial charge in [-0.1, -0.05) is 26.2 Å². The summed E-state index contributed by atoms with van der Waals surface area (Å²) < 4.78 is 0. The molecule has 6 heteroatoms. The summed E-state index contributed by atoms with van der Waals surface area (Å²) in [5.41, 5.74) is 0. The molecule has 0 aromatic carbocycles. The Labute approximate surface area is 128 Å². The van der Waals surface area contributed by atoms with Crippen LogP contribution in [-0.4, -0.2) is 62.0 Å². The lowest BCUT2D eigenvalue weighted by atomic mass is 10.1. The molecular weight excluding hydrogens is 268 g/mol. The lowest BCUT2D eigenvalue weighted by Gasteiger charge is -2.34. The van der Waals surface area contributed by atoms with E-state index < -0.39 is 0 Å². The van der Waals surface area contributed by atoms with Gasteiger partial charge in [0.25, 0.3) is 0 Å². The van der Waals surface area contributed by atoms with Crippen LogP contribution in [0.1, 0.15) is 39.5 Å². The third-order valence-corrected chi connectivity index (χ3v) is 3.90. The van der Waals surface area contributed by atoms with E-state index in [9.17, 15) is 9.59 Å². The van der Waals surface area contributed by atoms with Crippen LogP contribution in [0.4, 0.5) is 0 Å². The van der Waals surface area contributed by atoms with Crippen LogP contribution >= 0.6 is 0 Å². The standard InChI is InChI=1S/C15H30N4O2/c1-4-5-6-7-12(2)18-14(20)11-19-9-8-17-10-13(19)15(21)16-3/h12-13,17H,4-11H2,1-3H3,(H,16,21)(H,18,20). The molecule has 0 aromatic rings. The summed E-state index contributed by atoms with van der Waals surface area (Å²) in [6.07, 6.45) is 4.55. The van der Waals surface area contributed by atoms with Gasteiger partial charge in [0, 0.05) is 32.7 Å². The van der Waals surface area contributed by atoms with E-state index in [4.69, 9.17) is 0 Å². The van der Waals surface area contributed by atoms with E-state index in [1.807, 2.05) is 11.8 Å². The highest BCUT2D eigenvalue weighted by molar-refractivity contribution is 5.83. The van der Waals surface area contributed by atoms with Gasteiger partial charge >= 0.3 is 0 Å². The van der Waals surface area contributed by atoms with Crippen LogP contribution in [0.25, 0.3) is 0 Å². The van der Waals surface area contributed by atoms with Gasteiger partial charge < -0.3 is 16.0 Å². The number of rotatable bonds is 8. The van der Waals surface area contributed by atoms with Gasteiger partial charge in [0.1, 0.15) is 6.04 Å². The van der Waals surface area contributed by atoms with E-state index in [1.54, 1.807) is 7.05 Å². The number of likely N-dealkylation sites (N-methyl/N-ethyl adjacent to an activating group) is 1. The van der Waals surface area contributed by atoms with Crippen LogP contribution in [0.5, 0.6) is 0 Å². The minimum Gasteiger partial charge on any atom is -0.358 e. The molecule has 0 aliphatic carbocycles. The van der Waals surface area contributed by atoms with Crippen molar-refractivity contribution >= 4 is 11.8 Å². The zero-order chi connectivity index (χ0) is 15.7. The summed E-state index contributed by atoms with van der Waals surface area (Å²) >= 11 is 0. The number of hydrogen-bond donors (Lipinski definition) is 3. The quantitative estimate of drug-likeness (QED) is 0.555. The second kappa shape index (κ2) is 9.73. The van der Waals surface area contributed by atoms with Gasteiger partial charge in [-0.3, -0.25) is 14.5 Å². The first kappa shape index (κ1) is 17.9. The molecule has 2 amide bonds. The summed E-state index contributed by atoms with van der Waals surface area (Å²) in [6, 6.07) is -0.0599. The van der Waals surface area contributed by atoms with E-state index >= 15 is 0 Å². The molecule has 0 spiro atoms. The normalized spacial score (nSPS) is 20.8. The molecule has 2 unspecified atom stereocenters. The number of unbranched alkanes of at least 4 members (excludes halogenated alkanes) is 2. The van der Waals surface area contributed by atoms with Crippen molar-refractivity contribution < 1.29 is 9.59 Å². The maximum absolute atomic E-state index is 12.1. The molecule has 21 heavy (non-hydrogen) atoms. The van der Waals surface area contributed by atoms with Gasteiger partial charge in [-0.05, 0) is 13.3 Å². The Kier molecular flexibility index (Phi) is 8.30. The molecule has 3 N–H and O–H groups in total. The number of hydrogen-bond acceptors (Lipinski definition) is 4. The van der Waals surface area contributed by atoms with Gasteiger partial charge in [0.15, 0.2) is 0 Å². The number of nitrogens with zero attached hydrogens (tertiary/aromatic N) is 1. The van der Waals surface area contributed by atoms with Crippen molar-refractivity contribution in [1.82, 2.24) is 20.9 Å². The average Bonchev–Trinajstić information content (AvgIpc) is 2.47. The van der Waals surface area contributed by atoms with Crippen LogP contribution in [0.15, 0.2) is 0 Å². The Morgan fingerprint density at radius 2 is 2.14 bits per heavy atom. The molecular formula is C15H30N4O2. The fourth-order valence-corrected chi connectivity index (χ4v) is 2.64. The molecule has 0 radical (unpaired) electrons. The Morgan fingerprint density at radius 1 is 1.38 bits per heavy atom. The Balaban J connectivity index is 2.38. The molecule has 1 aliphatic rings. The monoisotopic (exact) mass is 298 g/mol. The highest BCUT2D eigenvalue weighted by Crippen LogP contribution is 2.05. The maximum Gasteiger partial charge on any atom is 0.238 e. The minimum atomic E-state index is -0.259. The van der Waals surface area contributed by atoms with Crippen molar-refractivity contribution in [2.45, 2.75) is 51.6 Å². The highest BCUT2D eigenvalue weighted by Gasteiger charge is 2.29. The van der Waals surface area contributed by atoms with Gasteiger partial charge in [-0.2, -0.15) is 0 Å². The number of carbonyl (C=O) groups is 2. The van der Waals surface area contributed by atoms with E-state index in [0.717, 1.165) is 25.9 Å². The Bertz CT molecular complexity index is 336. The molecule has 0 bridgehead atoms. The number of amides is 2. The minimum absolute atomic E-state index is 0.00908. The molecule has 1 saturated heterocycles. The highest BCUT2D eigenvalue weighted by atomic mass is 16.2. The summed E-state index contributed by atoms with van der Waals surface area (Å²) in [4.78, 5) is 25.9. The summed E-state index contributed by atoms with van der Waals surface area (Å²) in [6.45, 7) is 6.63. The molecule has 1 rings (SSSR count). The van der Waals surface area contributed by atoms with Crippen LogP contribution in [0.2, 0.25) is 0 Å². The first-order valence-corrected chi connectivity index (χ1v) is 8.04. The van der Waals surface area contributed by atoms with E-state index in [1.165, 1.54) is 12.8 Å². The van der Waals surface area contributed by atoms with Crippen LogP contribution in [0, 0.1) is 0 Å². The van der Waals surface area contributed by atoms with Crippen molar-refractivity contribution in [3.8, 4) is 0 Å². The van der Waals surface area contributed by atoms with E-state index in [-0.39, 0.29) is 30.4 Å². The second-order valence-electron chi connectivity index (χ2n) is 5.77.